The highest BCUT2D eigenvalue weighted by Gasteiger charge is 2.30. The van der Waals surface area contributed by atoms with Crippen molar-refractivity contribution in [2.24, 2.45) is 0 Å². The average Bonchev–Trinajstić information content (AvgIpc) is 2.60. The normalized spacial score (nSPS) is 11.2. The number of nitrogens with zero attached hydrogens (tertiary/aromatic N) is 2. The van der Waals surface area contributed by atoms with Crippen LogP contribution < -0.4 is 9.47 Å². The van der Waals surface area contributed by atoms with E-state index in [9.17, 15) is 13.2 Å². The molecule has 4 nitrogen and oxygen atoms in total. The zero-order valence-corrected chi connectivity index (χ0v) is 13.8. The maximum atomic E-state index is 12.8. The Morgan fingerprint density at radius 1 is 0.923 bits per heavy atom. The minimum atomic E-state index is -4.44. The van der Waals surface area contributed by atoms with Gasteiger partial charge in [0.25, 0.3) is 0 Å². The number of hydrogen-bond acceptors (Lipinski definition) is 4. The van der Waals surface area contributed by atoms with Gasteiger partial charge in [-0.3, -0.25) is 0 Å². The molecule has 0 atom stereocenters. The van der Waals surface area contributed by atoms with Gasteiger partial charge in [0, 0.05) is 11.8 Å². The van der Waals surface area contributed by atoms with E-state index in [1.807, 2.05) is 30.3 Å². The Bertz CT molecular complexity index is 883. The molecule has 1 aromatic heterocycles. The first-order chi connectivity index (χ1) is 12.4. The van der Waals surface area contributed by atoms with Crippen molar-refractivity contribution in [1.29, 1.82) is 0 Å². The van der Waals surface area contributed by atoms with Crippen LogP contribution in [0.4, 0.5) is 13.2 Å². The molecule has 0 aliphatic heterocycles. The fraction of sp³-hybridized carbons (Fsp3) is 0.158. The van der Waals surface area contributed by atoms with Crippen molar-refractivity contribution in [3.8, 4) is 17.6 Å². The minimum absolute atomic E-state index is 0.0342. The monoisotopic (exact) mass is 360 g/mol. The van der Waals surface area contributed by atoms with Crippen molar-refractivity contribution in [3.05, 3.63) is 77.5 Å². The van der Waals surface area contributed by atoms with E-state index in [1.54, 1.807) is 6.92 Å². The summed E-state index contributed by atoms with van der Waals surface area (Å²) in [6, 6.07) is 15.7. The summed E-state index contributed by atoms with van der Waals surface area (Å²) in [6.07, 6.45) is -4.44. The molecule has 0 bridgehead atoms. The van der Waals surface area contributed by atoms with Crippen LogP contribution in [-0.4, -0.2) is 9.97 Å². The number of halogens is 3. The highest BCUT2D eigenvalue weighted by molar-refractivity contribution is 5.33. The fourth-order valence-corrected chi connectivity index (χ4v) is 2.21. The van der Waals surface area contributed by atoms with Crippen LogP contribution in [0.3, 0.4) is 0 Å². The summed E-state index contributed by atoms with van der Waals surface area (Å²) in [6.45, 7) is 1.99. The molecule has 0 aliphatic rings. The Labute approximate surface area is 148 Å². The van der Waals surface area contributed by atoms with Gasteiger partial charge in [-0.2, -0.15) is 18.2 Å². The van der Waals surface area contributed by atoms with Crippen LogP contribution in [0.5, 0.6) is 17.6 Å². The van der Waals surface area contributed by atoms with Gasteiger partial charge < -0.3 is 9.47 Å². The molecule has 0 aliphatic carbocycles. The molecule has 0 unspecified atom stereocenters. The predicted octanol–water partition coefficient (Wildman–Crippen LogP) is 5.18. The number of rotatable bonds is 5. The maximum Gasteiger partial charge on any atom is 0.416 e. The molecule has 134 valence electrons. The summed E-state index contributed by atoms with van der Waals surface area (Å²) in [5, 5.41) is 0. The Balaban J connectivity index is 1.75. The quantitative estimate of drug-likeness (QED) is 0.629. The average molecular weight is 360 g/mol. The summed E-state index contributed by atoms with van der Waals surface area (Å²) in [4.78, 5) is 8.25. The first kappa shape index (κ1) is 17.7. The van der Waals surface area contributed by atoms with Gasteiger partial charge in [-0.05, 0) is 30.7 Å². The van der Waals surface area contributed by atoms with Crippen molar-refractivity contribution < 1.29 is 22.6 Å². The molecular formula is C19H15F3N2O2. The van der Waals surface area contributed by atoms with Gasteiger partial charge in [0.15, 0.2) is 0 Å². The number of benzene rings is 2. The van der Waals surface area contributed by atoms with Crippen molar-refractivity contribution in [1.82, 2.24) is 9.97 Å². The number of ether oxygens (including phenoxy) is 2. The standard InChI is InChI=1S/C19H15F3N2O2/c1-13-10-17(26-16-9-5-8-15(11-16)19(20,21)22)24-18(23-13)25-12-14-6-3-2-4-7-14/h2-11H,12H2,1H3. The summed E-state index contributed by atoms with van der Waals surface area (Å²) in [7, 11) is 0. The first-order valence-corrected chi connectivity index (χ1v) is 7.78. The first-order valence-electron chi connectivity index (χ1n) is 7.78. The molecule has 0 fully saturated rings. The summed E-state index contributed by atoms with van der Waals surface area (Å²) >= 11 is 0. The van der Waals surface area contributed by atoms with E-state index in [-0.39, 0.29) is 24.2 Å². The Morgan fingerprint density at radius 2 is 1.69 bits per heavy atom. The largest absolute Gasteiger partial charge is 0.459 e. The lowest BCUT2D eigenvalue weighted by Gasteiger charge is -2.11. The van der Waals surface area contributed by atoms with Crippen LogP contribution in [0.1, 0.15) is 16.8 Å². The van der Waals surface area contributed by atoms with Crippen molar-refractivity contribution in [3.63, 3.8) is 0 Å². The van der Waals surface area contributed by atoms with E-state index >= 15 is 0 Å². The van der Waals surface area contributed by atoms with Crippen molar-refractivity contribution in [2.75, 3.05) is 0 Å². The van der Waals surface area contributed by atoms with Gasteiger partial charge in [-0.25, -0.2) is 4.98 Å². The molecule has 7 heteroatoms. The van der Waals surface area contributed by atoms with Crippen LogP contribution in [0.15, 0.2) is 60.7 Å². The lowest BCUT2D eigenvalue weighted by atomic mass is 10.2. The van der Waals surface area contributed by atoms with Crippen molar-refractivity contribution >= 4 is 0 Å². The zero-order valence-electron chi connectivity index (χ0n) is 13.8. The molecule has 0 spiro atoms. The number of aromatic nitrogens is 2. The highest BCUT2D eigenvalue weighted by Crippen LogP contribution is 2.32. The van der Waals surface area contributed by atoms with Gasteiger partial charge >= 0.3 is 12.2 Å². The fourth-order valence-electron chi connectivity index (χ4n) is 2.21. The molecule has 3 rings (SSSR count). The number of alkyl halides is 3. The third-order valence-corrected chi connectivity index (χ3v) is 3.40. The molecule has 0 amide bonds. The molecule has 1 heterocycles. The summed E-state index contributed by atoms with van der Waals surface area (Å²) in [5.41, 5.74) is 0.726. The summed E-state index contributed by atoms with van der Waals surface area (Å²) < 4.78 is 49.4. The van der Waals surface area contributed by atoms with Crippen LogP contribution >= 0.6 is 0 Å². The van der Waals surface area contributed by atoms with E-state index in [0.717, 1.165) is 17.7 Å². The molecule has 2 aromatic carbocycles. The number of aryl methyl sites for hydroxylation is 1. The molecular weight excluding hydrogens is 345 g/mol. The lowest BCUT2D eigenvalue weighted by molar-refractivity contribution is -0.137. The van der Waals surface area contributed by atoms with Crippen LogP contribution in [0.25, 0.3) is 0 Å². The van der Waals surface area contributed by atoms with Gasteiger partial charge in [-0.1, -0.05) is 36.4 Å². The molecule has 0 saturated heterocycles. The molecule has 0 radical (unpaired) electrons. The van der Waals surface area contributed by atoms with Crippen LogP contribution in [-0.2, 0) is 12.8 Å². The topological polar surface area (TPSA) is 44.2 Å². The van der Waals surface area contributed by atoms with Gasteiger partial charge in [0.1, 0.15) is 12.4 Å². The lowest BCUT2D eigenvalue weighted by Crippen LogP contribution is -2.05. The van der Waals surface area contributed by atoms with E-state index in [1.165, 1.54) is 18.2 Å². The summed E-state index contributed by atoms with van der Waals surface area (Å²) in [5.74, 6) is 0.145. The Morgan fingerprint density at radius 3 is 2.42 bits per heavy atom. The smallest absolute Gasteiger partial charge is 0.416 e. The van der Waals surface area contributed by atoms with Crippen LogP contribution in [0.2, 0.25) is 0 Å². The predicted molar refractivity (Wildman–Crippen MR) is 89.1 cm³/mol. The minimum Gasteiger partial charge on any atom is -0.459 e. The third-order valence-electron chi connectivity index (χ3n) is 3.40. The third kappa shape index (κ3) is 4.72. The zero-order chi connectivity index (χ0) is 18.6. The second-order valence-electron chi connectivity index (χ2n) is 5.53. The van der Waals surface area contributed by atoms with E-state index in [0.29, 0.717) is 5.69 Å². The molecule has 3 aromatic rings. The second kappa shape index (κ2) is 7.43. The Kier molecular flexibility index (Phi) is 5.06. The Hall–Kier alpha value is -3.09. The molecule has 0 N–H and O–H groups in total. The van der Waals surface area contributed by atoms with Gasteiger partial charge in [0.05, 0.1) is 5.56 Å². The van der Waals surface area contributed by atoms with Gasteiger partial charge in [0.2, 0.25) is 5.88 Å². The molecule has 26 heavy (non-hydrogen) atoms. The second-order valence-corrected chi connectivity index (χ2v) is 5.53. The number of hydrogen-bond donors (Lipinski definition) is 0. The van der Waals surface area contributed by atoms with Crippen molar-refractivity contribution in [2.45, 2.75) is 19.7 Å². The maximum absolute atomic E-state index is 12.8. The molecule has 0 saturated carbocycles. The van der Waals surface area contributed by atoms with E-state index in [2.05, 4.69) is 9.97 Å². The van der Waals surface area contributed by atoms with Gasteiger partial charge in [-0.15, -0.1) is 0 Å². The van der Waals surface area contributed by atoms with E-state index < -0.39 is 11.7 Å². The van der Waals surface area contributed by atoms with E-state index in [4.69, 9.17) is 9.47 Å². The SMILES string of the molecule is Cc1cc(Oc2cccc(C(F)(F)F)c2)nc(OCc2ccccc2)n1. The highest BCUT2D eigenvalue weighted by atomic mass is 19.4. The van der Waals surface area contributed by atoms with Crippen LogP contribution in [0, 0.1) is 6.92 Å².